The Balaban J connectivity index is 2.13. The highest BCUT2D eigenvalue weighted by molar-refractivity contribution is 9.13. The van der Waals surface area contributed by atoms with Crippen molar-refractivity contribution in [2.75, 3.05) is 26.5 Å². The topological polar surface area (TPSA) is 24.5 Å². The summed E-state index contributed by atoms with van der Waals surface area (Å²) in [6.07, 6.45) is 0. The van der Waals surface area contributed by atoms with Gasteiger partial charge in [0.05, 0.1) is 16.6 Å². The van der Waals surface area contributed by atoms with Gasteiger partial charge in [-0.05, 0) is 69.7 Å². The summed E-state index contributed by atoms with van der Waals surface area (Å²) in [4.78, 5) is 3.41. The van der Waals surface area contributed by atoms with Gasteiger partial charge in [-0.3, -0.25) is 0 Å². The maximum Gasteiger partial charge on any atom is 0.141 e. The SMILES string of the molecule is COc1ccc(CN(C)C)cc1NCc1cc(Br)c(Br)s1. The minimum absolute atomic E-state index is 0.774. The number of methoxy groups -OCH3 is 1. The molecule has 0 aliphatic carbocycles. The van der Waals surface area contributed by atoms with E-state index in [9.17, 15) is 0 Å². The molecule has 0 unspecified atom stereocenters. The van der Waals surface area contributed by atoms with Crippen molar-refractivity contribution in [1.82, 2.24) is 4.90 Å². The molecule has 0 aliphatic heterocycles. The summed E-state index contributed by atoms with van der Waals surface area (Å²) < 4.78 is 7.64. The van der Waals surface area contributed by atoms with Gasteiger partial charge in [-0.15, -0.1) is 11.3 Å². The van der Waals surface area contributed by atoms with Crippen LogP contribution in [0, 0.1) is 0 Å². The van der Waals surface area contributed by atoms with E-state index in [1.54, 1.807) is 18.4 Å². The van der Waals surface area contributed by atoms with Crippen molar-refractivity contribution in [3.8, 4) is 5.75 Å². The quantitative estimate of drug-likeness (QED) is 0.696. The monoisotopic (exact) mass is 432 g/mol. The van der Waals surface area contributed by atoms with E-state index in [0.717, 1.165) is 32.8 Å². The molecule has 0 spiro atoms. The van der Waals surface area contributed by atoms with E-state index in [1.165, 1.54) is 10.4 Å². The lowest BCUT2D eigenvalue weighted by molar-refractivity contribution is 0.400. The molecule has 0 amide bonds. The van der Waals surface area contributed by atoms with Crippen molar-refractivity contribution in [1.29, 1.82) is 0 Å². The minimum atomic E-state index is 0.774. The maximum atomic E-state index is 5.43. The van der Waals surface area contributed by atoms with Crippen molar-refractivity contribution in [2.45, 2.75) is 13.1 Å². The van der Waals surface area contributed by atoms with Crippen LogP contribution in [0.4, 0.5) is 5.69 Å². The Bertz CT molecular complexity index is 594. The van der Waals surface area contributed by atoms with Gasteiger partial charge in [0.2, 0.25) is 0 Å². The molecule has 0 saturated heterocycles. The summed E-state index contributed by atoms with van der Waals surface area (Å²) in [6, 6.07) is 8.39. The highest BCUT2D eigenvalue weighted by Gasteiger charge is 2.08. The standard InChI is InChI=1S/C15H18Br2N2OS/c1-19(2)9-10-4-5-14(20-3)13(6-10)18-8-11-7-12(16)15(17)21-11/h4-7,18H,8-9H2,1-3H3. The Morgan fingerprint density at radius 2 is 2.00 bits per heavy atom. The van der Waals surface area contributed by atoms with Crippen LogP contribution in [0.15, 0.2) is 32.5 Å². The Morgan fingerprint density at radius 1 is 1.24 bits per heavy atom. The first-order valence-electron chi connectivity index (χ1n) is 6.49. The molecule has 3 nitrogen and oxygen atoms in total. The summed E-state index contributed by atoms with van der Waals surface area (Å²) in [6.45, 7) is 1.69. The molecular weight excluding hydrogens is 416 g/mol. The average Bonchev–Trinajstić information content (AvgIpc) is 2.75. The first-order chi connectivity index (χ1) is 9.99. The van der Waals surface area contributed by atoms with Gasteiger partial charge in [0.15, 0.2) is 0 Å². The maximum absolute atomic E-state index is 5.43. The van der Waals surface area contributed by atoms with E-state index < -0.39 is 0 Å². The zero-order valence-electron chi connectivity index (χ0n) is 12.2. The number of thiophene rings is 1. The second kappa shape index (κ2) is 7.63. The third kappa shape index (κ3) is 4.71. The highest BCUT2D eigenvalue weighted by atomic mass is 79.9. The normalized spacial score (nSPS) is 11.0. The first kappa shape index (κ1) is 16.8. The van der Waals surface area contributed by atoms with Crippen LogP contribution < -0.4 is 10.1 Å². The van der Waals surface area contributed by atoms with Crippen molar-refractivity contribution in [3.63, 3.8) is 0 Å². The number of nitrogens with zero attached hydrogens (tertiary/aromatic N) is 1. The van der Waals surface area contributed by atoms with Gasteiger partial charge in [-0.2, -0.15) is 0 Å². The lowest BCUT2D eigenvalue weighted by Crippen LogP contribution is -2.11. The zero-order valence-corrected chi connectivity index (χ0v) is 16.2. The van der Waals surface area contributed by atoms with Gasteiger partial charge in [0.1, 0.15) is 5.75 Å². The van der Waals surface area contributed by atoms with E-state index in [2.05, 4.69) is 74.4 Å². The van der Waals surface area contributed by atoms with Gasteiger partial charge >= 0.3 is 0 Å². The molecule has 1 aromatic carbocycles. The third-order valence-electron chi connectivity index (χ3n) is 2.91. The summed E-state index contributed by atoms with van der Waals surface area (Å²) in [5.41, 5.74) is 2.29. The van der Waals surface area contributed by atoms with Crippen molar-refractivity contribution in [3.05, 3.63) is 43.0 Å². The molecule has 0 bridgehead atoms. The number of ether oxygens (including phenoxy) is 1. The fourth-order valence-corrected chi connectivity index (χ4v) is 4.13. The van der Waals surface area contributed by atoms with Crippen LogP contribution in [0.1, 0.15) is 10.4 Å². The van der Waals surface area contributed by atoms with Gasteiger partial charge in [-0.25, -0.2) is 0 Å². The molecule has 1 aromatic heterocycles. The number of hydrogen-bond donors (Lipinski definition) is 1. The first-order valence-corrected chi connectivity index (χ1v) is 8.89. The lowest BCUT2D eigenvalue weighted by atomic mass is 10.1. The van der Waals surface area contributed by atoms with Gasteiger partial charge in [0, 0.05) is 22.4 Å². The van der Waals surface area contributed by atoms with Crippen LogP contribution in [0.25, 0.3) is 0 Å². The van der Waals surface area contributed by atoms with E-state index in [1.807, 2.05) is 6.07 Å². The second-order valence-electron chi connectivity index (χ2n) is 4.96. The number of anilines is 1. The Labute approximate surface area is 146 Å². The van der Waals surface area contributed by atoms with Crippen LogP contribution in [0.3, 0.4) is 0 Å². The fraction of sp³-hybridized carbons (Fsp3) is 0.333. The predicted octanol–water partition coefficient (Wildman–Crippen LogP) is 4.96. The highest BCUT2D eigenvalue weighted by Crippen LogP contribution is 2.33. The molecule has 0 fully saturated rings. The number of halogens is 2. The molecule has 6 heteroatoms. The molecule has 114 valence electrons. The molecule has 21 heavy (non-hydrogen) atoms. The number of hydrogen-bond acceptors (Lipinski definition) is 4. The Hall–Kier alpha value is -0.560. The Morgan fingerprint density at radius 3 is 2.57 bits per heavy atom. The molecule has 0 atom stereocenters. The summed E-state index contributed by atoms with van der Waals surface area (Å²) in [5, 5.41) is 3.46. The summed E-state index contributed by atoms with van der Waals surface area (Å²) in [5.74, 6) is 0.868. The van der Waals surface area contributed by atoms with E-state index in [0.29, 0.717) is 0 Å². The van der Waals surface area contributed by atoms with Gasteiger partial charge in [-0.1, -0.05) is 6.07 Å². The van der Waals surface area contributed by atoms with Crippen LogP contribution >= 0.6 is 43.2 Å². The van der Waals surface area contributed by atoms with Crippen molar-refractivity contribution >= 4 is 48.9 Å². The summed E-state index contributed by atoms with van der Waals surface area (Å²) >= 11 is 8.76. The second-order valence-corrected chi connectivity index (χ2v) is 8.27. The average molecular weight is 434 g/mol. The van der Waals surface area contributed by atoms with E-state index in [4.69, 9.17) is 4.74 Å². The number of rotatable bonds is 6. The molecule has 2 aromatic rings. The van der Waals surface area contributed by atoms with Gasteiger partial charge in [0.25, 0.3) is 0 Å². The third-order valence-corrected chi connectivity index (χ3v) is 6.17. The van der Waals surface area contributed by atoms with E-state index in [-0.39, 0.29) is 0 Å². The predicted molar refractivity (Wildman–Crippen MR) is 97.4 cm³/mol. The minimum Gasteiger partial charge on any atom is -0.495 e. The van der Waals surface area contributed by atoms with Gasteiger partial charge < -0.3 is 15.0 Å². The molecule has 2 rings (SSSR count). The van der Waals surface area contributed by atoms with Crippen LogP contribution in [0.2, 0.25) is 0 Å². The number of benzene rings is 1. The smallest absolute Gasteiger partial charge is 0.141 e. The fourth-order valence-electron chi connectivity index (χ4n) is 2.02. The zero-order chi connectivity index (χ0) is 15.4. The largest absolute Gasteiger partial charge is 0.495 e. The molecule has 1 N–H and O–H groups in total. The molecule has 1 heterocycles. The molecule has 0 aliphatic rings. The van der Waals surface area contributed by atoms with E-state index >= 15 is 0 Å². The Kier molecular flexibility index (Phi) is 6.10. The van der Waals surface area contributed by atoms with Crippen LogP contribution in [0.5, 0.6) is 5.75 Å². The molecule has 0 saturated carbocycles. The molecule has 0 radical (unpaired) electrons. The summed E-state index contributed by atoms with van der Waals surface area (Å²) in [7, 11) is 5.83. The molecular formula is C15H18Br2N2OS. The van der Waals surface area contributed by atoms with Crippen molar-refractivity contribution < 1.29 is 4.74 Å². The van der Waals surface area contributed by atoms with Crippen LogP contribution in [-0.2, 0) is 13.1 Å². The van der Waals surface area contributed by atoms with Crippen LogP contribution in [-0.4, -0.2) is 26.1 Å². The van der Waals surface area contributed by atoms with Crippen molar-refractivity contribution in [2.24, 2.45) is 0 Å². The number of nitrogens with one attached hydrogen (secondary N) is 1. The lowest BCUT2D eigenvalue weighted by Gasteiger charge is -2.14.